The summed E-state index contributed by atoms with van der Waals surface area (Å²) >= 11 is 5.97. The second kappa shape index (κ2) is 6.01. The number of aromatic amines is 2. The molecule has 0 radical (unpaired) electrons. The third-order valence-electron chi connectivity index (χ3n) is 3.02. The van der Waals surface area contributed by atoms with Crippen LogP contribution in [0.15, 0.2) is 34.5 Å². The number of pyridine rings is 2. The molecule has 2 aromatic heterocycles. The zero-order valence-corrected chi connectivity index (χ0v) is 12.5. The minimum absolute atomic E-state index is 0.0852. The largest absolute Gasteiger partial charge is 0.475 e. The maximum absolute atomic E-state index is 12.3. The molecule has 5 nitrogen and oxygen atoms in total. The van der Waals surface area contributed by atoms with E-state index in [4.69, 9.17) is 16.3 Å². The number of aryl methyl sites for hydroxylation is 2. The molecule has 2 heterocycles. The highest BCUT2D eigenvalue weighted by molar-refractivity contribution is 6.31. The Kier molecular flexibility index (Phi) is 4.33. The van der Waals surface area contributed by atoms with E-state index in [1.54, 1.807) is 19.9 Å². The molecule has 0 fully saturated rings. The maximum Gasteiger partial charge on any atom is 0.208 e. The average Bonchev–Trinajstić information content (AvgIpc) is 2.44. The topological polar surface area (TPSA) is 75.0 Å². The van der Waals surface area contributed by atoms with Crippen molar-refractivity contribution in [2.75, 3.05) is 6.61 Å². The van der Waals surface area contributed by atoms with Crippen molar-refractivity contribution in [1.82, 2.24) is 9.97 Å². The third-order valence-corrected chi connectivity index (χ3v) is 3.47. The summed E-state index contributed by atoms with van der Waals surface area (Å²) in [4.78, 5) is 30.3. The lowest BCUT2D eigenvalue weighted by Gasteiger charge is -2.09. The fraction of sp³-hybridized carbons (Fsp3) is 0.200. The van der Waals surface area contributed by atoms with E-state index in [2.05, 4.69) is 16.5 Å². The van der Waals surface area contributed by atoms with E-state index >= 15 is 0 Å². The Morgan fingerprint density at radius 1 is 1.33 bits per heavy atom. The molecule has 2 N–H and O–H groups in total. The molecule has 110 valence electrons. The van der Waals surface area contributed by atoms with Gasteiger partial charge in [0.15, 0.2) is 11.3 Å². The van der Waals surface area contributed by atoms with Gasteiger partial charge in [0.25, 0.3) is 0 Å². The van der Waals surface area contributed by atoms with E-state index in [-0.39, 0.29) is 33.6 Å². The number of hydrogen-bond donors (Lipinski definition) is 2. The Hall–Kier alpha value is -2.27. The van der Waals surface area contributed by atoms with Gasteiger partial charge in [0.05, 0.1) is 11.1 Å². The van der Waals surface area contributed by atoms with Crippen LogP contribution in [0.1, 0.15) is 11.4 Å². The first-order valence-corrected chi connectivity index (χ1v) is 6.69. The molecule has 0 unspecified atom stereocenters. The molecule has 2 rings (SSSR count). The number of H-pyrrole nitrogens is 2. The fourth-order valence-electron chi connectivity index (χ4n) is 2.05. The van der Waals surface area contributed by atoms with Crippen LogP contribution in [-0.2, 0) is 0 Å². The van der Waals surface area contributed by atoms with Gasteiger partial charge in [-0.05, 0) is 13.8 Å². The highest BCUT2D eigenvalue weighted by Crippen LogP contribution is 2.19. The number of nitrogens with one attached hydrogen (secondary N) is 2. The molecule has 0 aliphatic carbocycles. The number of ether oxygens (including phenoxy) is 1. The molecule has 0 saturated heterocycles. The Morgan fingerprint density at radius 3 is 2.67 bits per heavy atom. The van der Waals surface area contributed by atoms with Gasteiger partial charge in [-0.1, -0.05) is 24.3 Å². The third kappa shape index (κ3) is 2.92. The van der Waals surface area contributed by atoms with Crippen molar-refractivity contribution in [2.24, 2.45) is 0 Å². The molecule has 6 heteroatoms. The average molecular weight is 307 g/mol. The number of halogens is 1. The molecule has 0 aliphatic heterocycles. The summed E-state index contributed by atoms with van der Waals surface area (Å²) in [5, 5.41) is 0.0852. The molecular formula is C15H15ClN2O3. The second-order valence-electron chi connectivity index (χ2n) is 4.57. The minimum atomic E-state index is -0.365. The quantitative estimate of drug-likeness (QED) is 0.852. The fourth-order valence-corrected chi connectivity index (χ4v) is 2.20. The van der Waals surface area contributed by atoms with Gasteiger partial charge in [-0.2, -0.15) is 0 Å². The van der Waals surface area contributed by atoms with Crippen LogP contribution in [0, 0.1) is 13.8 Å². The van der Waals surface area contributed by atoms with Crippen LogP contribution < -0.4 is 15.6 Å². The van der Waals surface area contributed by atoms with Crippen molar-refractivity contribution >= 4 is 11.6 Å². The van der Waals surface area contributed by atoms with E-state index in [9.17, 15) is 9.59 Å². The van der Waals surface area contributed by atoms with E-state index in [1.165, 1.54) is 12.3 Å². The van der Waals surface area contributed by atoms with Crippen LogP contribution in [0.3, 0.4) is 0 Å². The van der Waals surface area contributed by atoms with Crippen LogP contribution in [-0.4, -0.2) is 16.6 Å². The Bertz CT molecular complexity index is 806. The monoisotopic (exact) mass is 306 g/mol. The lowest BCUT2D eigenvalue weighted by molar-refractivity contribution is 0.348. The maximum atomic E-state index is 12.3. The molecule has 21 heavy (non-hydrogen) atoms. The summed E-state index contributed by atoms with van der Waals surface area (Å²) in [6, 6.07) is 1.30. The van der Waals surface area contributed by atoms with Crippen molar-refractivity contribution in [3.8, 4) is 17.0 Å². The molecule has 0 bridgehead atoms. The SMILES string of the molecule is C=CCOc1cc(=O)c(-c2c(C)[nH]c(C)c(Cl)c2=O)c[nH]1. The predicted octanol–water partition coefficient (Wildman–Crippen LogP) is 2.57. The summed E-state index contributed by atoms with van der Waals surface area (Å²) in [7, 11) is 0. The van der Waals surface area contributed by atoms with Crippen molar-refractivity contribution in [3.63, 3.8) is 0 Å². The first-order valence-electron chi connectivity index (χ1n) is 6.31. The number of rotatable bonds is 4. The Balaban J connectivity index is 2.58. The first-order chi connectivity index (χ1) is 9.95. The van der Waals surface area contributed by atoms with E-state index in [0.717, 1.165) is 0 Å². The lowest BCUT2D eigenvalue weighted by atomic mass is 10.0. The first kappa shape index (κ1) is 15.1. The van der Waals surface area contributed by atoms with Gasteiger partial charge >= 0.3 is 0 Å². The summed E-state index contributed by atoms with van der Waals surface area (Å²) in [6.45, 7) is 7.24. The van der Waals surface area contributed by atoms with Gasteiger partial charge in [-0.3, -0.25) is 9.59 Å². The van der Waals surface area contributed by atoms with Gasteiger partial charge in [-0.15, -0.1) is 0 Å². The molecule has 0 atom stereocenters. The van der Waals surface area contributed by atoms with Gasteiger partial charge in [-0.25, -0.2) is 0 Å². The van der Waals surface area contributed by atoms with Gasteiger partial charge in [0.2, 0.25) is 5.43 Å². The van der Waals surface area contributed by atoms with Gasteiger partial charge in [0.1, 0.15) is 11.6 Å². The Labute approximate surface area is 126 Å². The highest BCUT2D eigenvalue weighted by Gasteiger charge is 2.15. The predicted molar refractivity (Wildman–Crippen MR) is 83.3 cm³/mol. The number of hydrogen-bond acceptors (Lipinski definition) is 3. The van der Waals surface area contributed by atoms with Gasteiger partial charge < -0.3 is 14.7 Å². The number of aromatic nitrogens is 2. The van der Waals surface area contributed by atoms with Crippen LogP contribution in [0.4, 0.5) is 0 Å². The zero-order valence-electron chi connectivity index (χ0n) is 11.7. The van der Waals surface area contributed by atoms with Gasteiger partial charge in [0, 0.05) is 23.7 Å². The second-order valence-corrected chi connectivity index (χ2v) is 4.95. The van der Waals surface area contributed by atoms with E-state index < -0.39 is 0 Å². The summed E-state index contributed by atoms with van der Waals surface area (Å²) in [5.74, 6) is 0.316. The zero-order chi connectivity index (χ0) is 15.6. The summed E-state index contributed by atoms with van der Waals surface area (Å²) < 4.78 is 5.24. The van der Waals surface area contributed by atoms with Crippen LogP contribution in [0.25, 0.3) is 11.1 Å². The van der Waals surface area contributed by atoms with Crippen molar-refractivity contribution in [3.05, 3.63) is 61.8 Å². The van der Waals surface area contributed by atoms with Crippen molar-refractivity contribution in [1.29, 1.82) is 0 Å². The molecule has 0 saturated carbocycles. The molecule has 0 spiro atoms. The smallest absolute Gasteiger partial charge is 0.208 e. The summed E-state index contributed by atoms with van der Waals surface area (Å²) in [5.41, 5.74) is 0.998. The van der Waals surface area contributed by atoms with E-state index in [1.807, 2.05) is 0 Å². The minimum Gasteiger partial charge on any atom is -0.475 e. The van der Waals surface area contributed by atoms with Crippen LogP contribution >= 0.6 is 11.6 Å². The molecule has 0 amide bonds. The standard InChI is InChI=1S/C15H15ClN2O3/c1-4-5-21-12-6-11(19)10(7-17-12)13-8(2)18-9(3)14(16)15(13)20/h4,6-7H,1,5H2,2-3H3,(H,17,19)(H,18,20). The van der Waals surface area contributed by atoms with Crippen LogP contribution in [0.2, 0.25) is 5.02 Å². The summed E-state index contributed by atoms with van der Waals surface area (Å²) in [6.07, 6.45) is 3.02. The van der Waals surface area contributed by atoms with E-state index in [0.29, 0.717) is 17.3 Å². The molecule has 0 aromatic carbocycles. The molecule has 0 aliphatic rings. The Morgan fingerprint density at radius 2 is 2.05 bits per heavy atom. The molecular weight excluding hydrogens is 292 g/mol. The van der Waals surface area contributed by atoms with Crippen molar-refractivity contribution in [2.45, 2.75) is 13.8 Å². The molecule has 2 aromatic rings. The lowest BCUT2D eigenvalue weighted by Crippen LogP contribution is -2.17. The van der Waals surface area contributed by atoms with Crippen molar-refractivity contribution < 1.29 is 4.74 Å². The van der Waals surface area contributed by atoms with Crippen LogP contribution in [0.5, 0.6) is 5.88 Å². The normalized spacial score (nSPS) is 10.4. The highest BCUT2D eigenvalue weighted by atomic mass is 35.5.